The lowest BCUT2D eigenvalue weighted by molar-refractivity contribution is 1.52. The van der Waals surface area contributed by atoms with Crippen LogP contribution in [0.4, 0.5) is 34.1 Å². The molecule has 0 radical (unpaired) electrons. The van der Waals surface area contributed by atoms with Crippen LogP contribution >= 0.6 is 0 Å². The van der Waals surface area contributed by atoms with Gasteiger partial charge in [0, 0.05) is 22.7 Å². The number of benzene rings is 5. The van der Waals surface area contributed by atoms with E-state index >= 15 is 0 Å². The molecule has 0 aliphatic carbocycles. The van der Waals surface area contributed by atoms with Gasteiger partial charge < -0.3 is 22.1 Å². The fraction of sp³-hybridized carbons (Fsp3) is 0. The van der Waals surface area contributed by atoms with Gasteiger partial charge in [-0.25, -0.2) is 0 Å². The van der Waals surface area contributed by atoms with E-state index in [1.54, 1.807) is 0 Å². The molecule has 0 spiro atoms. The lowest BCUT2D eigenvalue weighted by Gasteiger charge is -2.15. The molecule has 5 aromatic rings. The van der Waals surface area contributed by atoms with Gasteiger partial charge in [-0.1, -0.05) is 60.7 Å². The summed E-state index contributed by atoms with van der Waals surface area (Å²) < 4.78 is 0. The smallest absolute Gasteiger partial charge is 0.0554 e. The van der Waals surface area contributed by atoms with Gasteiger partial charge in [0.25, 0.3) is 0 Å². The first-order valence-electron chi connectivity index (χ1n) is 11.2. The SMILES string of the molecule is Nc1cc(-c2ccc(Nc3ccccc3)cc2)c(-c2ccc(Nc3ccccc3)cc2)cc1N. The van der Waals surface area contributed by atoms with Gasteiger partial charge in [-0.15, -0.1) is 0 Å². The van der Waals surface area contributed by atoms with E-state index in [2.05, 4.69) is 59.2 Å². The maximum atomic E-state index is 6.20. The monoisotopic (exact) mass is 442 g/mol. The standard InChI is InChI=1S/C30H26N4/c31-29-19-27(21-11-15-25(16-12-21)33-23-7-3-1-4-8-23)28(20-30(29)32)22-13-17-26(18-14-22)34-24-9-5-2-6-10-24/h1-20,33-34H,31-32H2. The van der Waals surface area contributed by atoms with Crippen LogP contribution < -0.4 is 22.1 Å². The van der Waals surface area contributed by atoms with E-state index in [4.69, 9.17) is 11.5 Å². The van der Waals surface area contributed by atoms with Crippen molar-refractivity contribution in [1.29, 1.82) is 0 Å². The zero-order valence-corrected chi connectivity index (χ0v) is 18.7. The summed E-state index contributed by atoms with van der Waals surface area (Å²) in [6.45, 7) is 0. The predicted molar refractivity (Wildman–Crippen MR) is 146 cm³/mol. The highest BCUT2D eigenvalue weighted by Crippen LogP contribution is 2.37. The number of anilines is 6. The molecule has 0 bridgehead atoms. The minimum absolute atomic E-state index is 0.576. The van der Waals surface area contributed by atoms with Crippen LogP contribution in [0.1, 0.15) is 0 Å². The van der Waals surface area contributed by atoms with Crippen LogP contribution in [-0.2, 0) is 0 Å². The average molecular weight is 443 g/mol. The maximum Gasteiger partial charge on any atom is 0.0554 e. The summed E-state index contributed by atoms with van der Waals surface area (Å²) in [5.74, 6) is 0. The van der Waals surface area contributed by atoms with Gasteiger partial charge in [0.1, 0.15) is 0 Å². The topological polar surface area (TPSA) is 76.1 Å². The Morgan fingerprint density at radius 3 is 1.06 bits per heavy atom. The Morgan fingerprint density at radius 1 is 0.382 bits per heavy atom. The summed E-state index contributed by atoms with van der Waals surface area (Å²) in [5.41, 5.74) is 21.9. The molecule has 0 amide bonds. The van der Waals surface area contributed by atoms with Crippen molar-refractivity contribution in [1.82, 2.24) is 0 Å². The van der Waals surface area contributed by atoms with E-state index in [0.717, 1.165) is 45.0 Å². The Labute approximate surface area is 199 Å². The third-order valence-corrected chi connectivity index (χ3v) is 5.74. The van der Waals surface area contributed by atoms with E-state index in [-0.39, 0.29) is 0 Å². The minimum Gasteiger partial charge on any atom is -0.397 e. The average Bonchev–Trinajstić information content (AvgIpc) is 2.88. The van der Waals surface area contributed by atoms with Gasteiger partial charge in [-0.05, 0) is 82.9 Å². The first kappa shape index (κ1) is 21.2. The first-order valence-corrected chi connectivity index (χ1v) is 11.2. The van der Waals surface area contributed by atoms with Crippen LogP contribution in [-0.4, -0.2) is 0 Å². The van der Waals surface area contributed by atoms with Crippen molar-refractivity contribution in [2.45, 2.75) is 0 Å². The van der Waals surface area contributed by atoms with Gasteiger partial charge in [-0.3, -0.25) is 0 Å². The van der Waals surface area contributed by atoms with Crippen molar-refractivity contribution in [3.63, 3.8) is 0 Å². The highest BCUT2D eigenvalue weighted by Gasteiger charge is 2.11. The Balaban J connectivity index is 1.44. The highest BCUT2D eigenvalue weighted by molar-refractivity contribution is 5.90. The maximum absolute atomic E-state index is 6.20. The third kappa shape index (κ3) is 4.71. The summed E-state index contributed by atoms with van der Waals surface area (Å²) in [4.78, 5) is 0. The predicted octanol–water partition coefficient (Wildman–Crippen LogP) is 7.67. The summed E-state index contributed by atoms with van der Waals surface area (Å²) >= 11 is 0. The molecule has 0 aliphatic rings. The molecule has 0 unspecified atom stereocenters. The van der Waals surface area contributed by atoms with Gasteiger partial charge in [0.15, 0.2) is 0 Å². The number of hydrogen-bond acceptors (Lipinski definition) is 4. The van der Waals surface area contributed by atoms with Crippen molar-refractivity contribution in [2.75, 3.05) is 22.1 Å². The Kier molecular flexibility index (Phi) is 5.87. The normalized spacial score (nSPS) is 10.6. The molecular formula is C30H26N4. The number of rotatable bonds is 6. The largest absolute Gasteiger partial charge is 0.397 e. The fourth-order valence-electron chi connectivity index (χ4n) is 3.95. The summed E-state index contributed by atoms with van der Waals surface area (Å²) in [6, 6.07) is 40.9. The van der Waals surface area contributed by atoms with Crippen molar-refractivity contribution in [3.05, 3.63) is 121 Å². The van der Waals surface area contributed by atoms with Crippen molar-refractivity contribution >= 4 is 34.1 Å². The number of nitrogen functional groups attached to an aromatic ring is 2. The van der Waals surface area contributed by atoms with Crippen LogP contribution in [0.15, 0.2) is 121 Å². The van der Waals surface area contributed by atoms with E-state index in [1.807, 2.05) is 72.8 Å². The number of nitrogens with one attached hydrogen (secondary N) is 2. The van der Waals surface area contributed by atoms with E-state index in [9.17, 15) is 0 Å². The van der Waals surface area contributed by atoms with E-state index in [0.29, 0.717) is 11.4 Å². The molecule has 0 fully saturated rings. The highest BCUT2D eigenvalue weighted by atomic mass is 14.9. The van der Waals surface area contributed by atoms with Crippen molar-refractivity contribution < 1.29 is 0 Å². The van der Waals surface area contributed by atoms with Crippen LogP contribution in [0.25, 0.3) is 22.3 Å². The number of para-hydroxylation sites is 2. The Hall–Kier alpha value is -4.70. The molecule has 0 saturated carbocycles. The molecule has 0 heterocycles. The second-order valence-electron chi connectivity index (χ2n) is 8.16. The Bertz CT molecular complexity index is 1270. The molecule has 4 heteroatoms. The summed E-state index contributed by atoms with van der Waals surface area (Å²) in [5, 5.41) is 6.85. The Morgan fingerprint density at radius 2 is 0.706 bits per heavy atom. The van der Waals surface area contributed by atoms with Crippen LogP contribution in [0, 0.1) is 0 Å². The third-order valence-electron chi connectivity index (χ3n) is 5.74. The van der Waals surface area contributed by atoms with Gasteiger partial charge in [0.2, 0.25) is 0 Å². The van der Waals surface area contributed by atoms with Gasteiger partial charge >= 0.3 is 0 Å². The van der Waals surface area contributed by atoms with E-state index in [1.165, 1.54) is 0 Å². The number of nitrogens with two attached hydrogens (primary N) is 2. The lowest BCUT2D eigenvalue weighted by atomic mass is 9.93. The second-order valence-corrected chi connectivity index (χ2v) is 8.16. The quantitative estimate of drug-likeness (QED) is 0.204. The fourth-order valence-corrected chi connectivity index (χ4v) is 3.95. The molecule has 5 rings (SSSR count). The zero-order valence-electron chi connectivity index (χ0n) is 18.7. The summed E-state index contributed by atoms with van der Waals surface area (Å²) in [7, 11) is 0. The van der Waals surface area contributed by atoms with Crippen molar-refractivity contribution in [3.8, 4) is 22.3 Å². The molecule has 5 aromatic carbocycles. The molecule has 0 aliphatic heterocycles. The minimum atomic E-state index is 0.576. The lowest BCUT2D eigenvalue weighted by Crippen LogP contribution is -1.97. The molecule has 4 nitrogen and oxygen atoms in total. The van der Waals surface area contributed by atoms with Gasteiger partial charge in [0.05, 0.1) is 11.4 Å². The summed E-state index contributed by atoms with van der Waals surface area (Å²) in [6.07, 6.45) is 0. The molecule has 0 saturated heterocycles. The van der Waals surface area contributed by atoms with E-state index < -0.39 is 0 Å². The molecule has 0 aromatic heterocycles. The molecule has 166 valence electrons. The van der Waals surface area contributed by atoms with Crippen LogP contribution in [0.2, 0.25) is 0 Å². The molecule has 0 atom stereocenters. The van der Waals surface area contributed by atoms with Crippen LogP contribution in [0.3, 0.4) is 0 Å². The zero-order chi connectivity index (χ0) is 23.3. The molecule has 34 heavy (non-hydrogen) atoms. The first-order chi connectivity index (χ1) is 16.7. The van der Waals surface area contributed by atoms with Crippen molar-refractivity contribution in [2.24, 2.45) is 0 Å². The second kappa shape index (κ2) is 9.43. The van der Waals surface area contributed by atoms with Crippen LogP contribution in [0.5, 0.6) is 0 Å². The molecular weight excluding hydrogens is 416 g/mol. The number of hydrogen-bond donors (Lipinski definition) is 4. The molecule has 6 N–H and O–H groups in total. The van der Waals surface area contributed by atoms with Gasteiger partial charge in [-0.2, -0.15) is 0 Å².